The van der Waals surface area contributed by atoms with Crippen molar-refractivity contribution in [2.24, 2.45) is 0 Å². The summed E-state index contributed by atoms with van der Waals surface area (Å²) in [7, 11) is 0. The van der Waals surface area contributed by atoms with Gasteiger partial charge in [0.1, 0.15) is 5.75 Å². The lowest BCUT2D eigenvalue weighted by Crippen LogP contribution is -2.27. The van der Waals surface area contributed by atoms with Crippen LogP contribution in [0.5, 0.6) is 5.75 Å². The first-order valence-electron chi connectivity index (χ1n) is 5.32. The standard InChI is InChI=1S/C11H10F5NO2S/c12-10(13)19-8-4-2-1-3-7(8)9(18)17-5-6-20-11(14,15)16/h1-4,10H,5-6H2,(H,17,18). The van der Waals surface area contributed by atoms with Gasteiger partial charge < -0.3 is 10.1 Å². The lowest BCUT2D eigenvalue weighted by atomic mass is 10.2. The average molecular weight is 315 g/mol. The Morgan fingerprint density at radius 1 is 1.30 bits per heavy atom. The van der Waals surface area contributed by atoms with Gasteiger partial charge in [-0.15, -0.1) is 0 Å². The number of carbonyl (C=O) groups is 1. The number of rotatable bonds is 6. The largest absolute Gasteiger partial charge is 0.441 e. The van der Waals surface area contributed by atoms with E-state index in [2.05, 4.69) is 10.1 Å². The van der Waals surface area contributed by atoms with Crippen molar-refractivity contribution in [3.05, 3.63) is 29.8 Å². The van der Waals surface area contributed by atoms with E-state index < -0.39 is 18.0 Å². The fraction of sp³-hybridized carbons (Fsp3) is 0.364. The molecule has 9 heteroatoms. The van der Waals surface area contributed by atoms with Crippen LogP contribution in [0.3, 0.4) is 0 Å². The zero-order valence-corrected chi connectivity index (χ0v) is 10.7. The zero-order chi connectivity index (χ0) is 15.2. The first-order valence-corrected chi connectivity index (χ1v) is 6.31. The van der Waals surface area contributed by atoms with Crippen LogP contribution in [0, 0.1) is 0 Å². The van der Waals surface area contributed by atoms with Crippen molar-refractivity contribution in [3.8, 4) is 5.75 Å². The first kappa shape index (κ1) is 16.5. The molecule has 0 saturated heterocycles. The van der Waals surface area contributed by atoms with Gasteiger partial charge in [0.05, 0.1) is 5.56 Å². The van der Waals surface area contributed by atoms with Gasteiger partial charge in [-0.05, 0) is 23.9 Å². The minimum Gasteiger partial charge on any atom is -0.434 e. The van der Waals surface area contributed by atoms with Gasteiger partial charge in [0.15, 0.2) is 0 Å². The van der Waals surface area contributed by atoms with Crippen molar-refractivity contribution in [2.75, 3.05) is 12.3 Å². The highest BCUT2D eigenvalue weighted by Crippen LogP contribution is 2.29. The number of benzene rings is 1. The summed E-state index contributed by atoms with van der Waals surface area (Å²) in [6.07, 6.45) is 0. The second-order valence-corrected chi connectivity index (χ2v) is 4.58. The number of hydrogen-bond donors (Lipinski definition) is 1. The Labute approximate surface area is 115 Å². The molecule has 1 aromatic carbocycles. The van der Waals surface area contributed by atoms with Crippen molar-refractivity contribution in [1.82, 2.24) is 5.32 Å². The highest BCUT2D eigenvalue weighted by molar-refractivity contribution is 8.00. The van der Waals surface area contributed by atoms with E-state index in [-0.39, 0.29) is 35.4 Å². The minimum absolute atomic E-state index is 0.162. The molecule has 0 aliphatic rings. The Bertz CT molecular complexity index is 453. The van der Waals surface area contributed by atoms with Crippen LogP contribution in [0.2, 0.25) is 0 Å². The van der Waals surface area contributed by atoms with Gasteiger partial charge in [0.25, 0.3) is 5.91 Å². The molecule has 0 fully saturated rings. The quantitative estimate of drug-likeness (QED) is 0.647. The molecular weight excluding hydrogens is 305 g/mol. The van der Waals surface area contributed by atoms with Crippen molar-refractivity contribution < 1.29 is 31.5 Å². The molecule has 0 saturated carbocycles. The number of amides is 1. The van der Waals surface area contributed by atoms with E-state index >= 15 is 0 Å². The Hall–Kier alpha value is -1.51. The number of nitrogens with one attached hydrogen (secondary N) is 1. The van der Waals surface area contributed by atoms with Crippen LogP contribution in [0.1, 0.15) is 10.4 Å². The van der Waals surface area contributed by atoms with E-state index in [1.165, 1.54) is 24.3 Å². The second kappa shape index (κ2) is 7.32. The maximum absolute atomic E-state index is 12.1. The van der Waals surface area contributed by atoms with Crippen LogP contribution in [-0.4, -0.2) is 30.3 Å². The summed E-state index contributed by atoms with van der Waals surface area (Å²) in [5.74, 6) is -1.47. The molecule has 0 aromatic heterocycles. The molecule has 3 nitrogen and oxygen atoms in total. The number of halogens is 5. The third-order valence-electron chi connectivity index (χ3n) is 2.00. The van der Waals surface area contributed by atoms with Crippen molar-refractivity contribution in [1.29, 1.82) is 0 Å². The van der Waals surface area contributed by atoms with E-state index in [9.17, 15) is 26.7 Å². The fourth-order valence-corrected chi connectivity index (χ4v) is 1.72. The molecule has 1 amide bonds. The summed E-state index contributed by atoms with van der Waals surface area (Å²) in [4.78, 5) is 11.6. The number of para-hydroxylation sites is 1. The van der Waals surface area contributed by atoms with Gasteiger partial charge >= 0.3 is 12.1 Å². The van der Waals surface area contributed by atoms with Crippen LogP contribution in [0.25, 0.3) is 0 Å². The Kier molecular flexibility index (Phi) is 6.05. The lowest BCUT2D eigenvalue weighted by molar-refractivity contribution is -0.0502. The van der Waals surface area contributed by atoms with Crippen molar-refractivity contribution in [3.63, 3.8) is 0 Å². The van der Waals surface area contributed by atoms with Gasteiger partial charge in [-0.3, -0.25) is 4.79 Å². The Balaban J connectivity index is 2.55. The van der Waals surface area contributed by atoms with E-state index in [1.54, 1.807) is 0 Å². The summed E-state index contributed by atoms with van der Waals surface area (Å²) in [6.45, 7) is -3.34. The second-order valence-electron chi connectivity index (χ2n) is 3.42. The van der Waals surface area contributed by atoms with E-state index in [1.807, 2.05) is 0 Å². The topological polar surface area (TPSA) is 38.3 Å². The molecule has 0 aliphatic carbocycles. The van der Waals surface area contributed by atoms with Gasteiger partial charge in [-0.1, -0.05) is 12.1 Å². The van der Waals surface area contributed by atoms with Crippen LogP contribution in [-0.2, 0) is 0 Å². The number of hydrogen-bond acceptors (Lipinski definition) is 3. The third kappa shape index (κ3) is 6.09. The van der Waals surface area contributed by atoms with Gasteiger partial charge in [-0.25, -0.2) is 0 Å². The molecule has 1 rings (SSSR count). The highest BCUT2D eigenvalue weighted by atomic mass is 32.2. The van der Waals surface area contributed by atoms with Crippen molar-refractivity contribution in [2.45, 2.75) is 12.1 Å². The number of ether oxygens (including phenoxy) is 1. The molecule has 0 spiro atoms. The monoisotopic (exact) mass is 315 g/mol. The molecule has 1 aromatic rings. The molecule has 0 unspecified atom stereocenters. The summed E-state index contributed by atoms with van der Waals surface area (Å²) in [6, 6.07) is 5.24. The summed E-state index contributed by atoms with van der Waals surface area (Å²) in [5, 5.41) is 2.20. The van der Waals surface area contributed by atoms with Crippen LogP contribution >= 0.6 is 11.8 Å². The molecule has 0 radical (unpaired) electrons. The summed E-state index contributed by atoms with van der Waals surface area (Å²) < 4.78 is 64.0. The average Bonchev–Trinajstić information content (AvgIpc) is 2.33. The van der Waals surface area contributed by atoms with Gasteiger partial charge in [0.2, 0.25) is 0 Å². The smallest absolute Gasteiger partial charge is 0.434 e. The molecule has 0 heterocycles. The highest BCUT2D eigenvalue weighted by Gasteiger charge is 2.27. The maximum Gasteiger partial charge on any atom is 0.441 e. The zero-order valence-electron chi connectivity index (χ0n) is 9.92. The number of alkyl halides is 5. The van der Waals surface area contributed by atoms with E-state index in [0.29, 0.717) is 0 Å². The first-order chi connectivity index (χ1) is 9.29. The molecule has 20 heavy (non-hydrogen) atoms. The predicted molar refractivity (Wildman–Crippen MR) is 63.9 cm³/mol. The van der Waals surface area contributed by atoms with Crippen molar-refractivity contribution >= 4 is 17.7 Å². The van der Waals surface area contributed by atoms with Crippen LogP contribution in [0.4, 0.5) is 22.0 Å². The molecule has 0 aliphatic heterocycles. The normalized spacial score (nSPS) is 11.5. The molecule has 1 N–H and O–H groups in total. The lowest BCUT2D eigenvalue weighted by Gasteiger charge is -2.11. The number of carbonyl (C=O) groups excluding carboxylic acids is 1. The minimum atomic E-state index is -4.37. The molecular formula is C11H10F5NO2S. The van der Waals surface area contributed by atoms with Gasteiger partial charge in [-0.2, -0.15) is 22.0 Å². The summed E-state index contributed by atoms with van der Waals surface area (Å²) >= 11 is -0.280. The molecule has 0 bridgehead atoms. The van der Waals surface area contributed by atoms with Crippen LogP contribution in [0.15, 0.2) is 24.3 Å². The Morgan fingerprint density at radius 3 is 2.55 bits per heavy atom. The third-order valence-corrected chi connectivity index (χ3v) is 2.74. The number of thioether (sulfide) groups is 1. The Morgan fingerprint density at radius 2 is 1.95 bits per heavy atom. The van der Waals surface area contributed by atoms with E-state index in [0.717, 1.165) is 0 Å². The summed E-state index contributed by atoms with van der Waals surface area (Å²) in [5.41, 5.74) is -4.54. The van der Waals surface area contributed by atoms with E-state index in [4.69, 9.17) is 0 Å². The molecule has 112 valence electrons. The maximum atomic E-state index is 12.1. The fourth-order valence-electron chi connectivity index (χ4n) is 1.28. The molecule has 0 atom stereocenters. The van der Waals surface area contributed by atoms with Gasteiger partial charge in [0, 0.05) is 12.3 Å². The van der Waals surface area contributed by atoms with Crippen LogP contribution < -0.4 is 10.1 Å². The predicted octanol–water partition coefficient (Wildman–Crippen LogP) is 3.27. The SMILES string of the molecule is O=C(NCCSC(F)(F)F)c1ccccc1OC(F)F.